The number of nitrogens with one attached hydrogen (secondary N) is 1. The third kappa shape index (κ3) is 11.6. The van der Waals surface area contributed by atoms with Gasteiger partial charge in [-0.05, 0) is 26.3 Å². The highest BCUT2D eigenvalue weighted by atomic mass is 16.5. The molecule has 0 rings (SSSR count). The van der Waals surface area contributed by atoms with Gasteiger partial charge in [-0.25, -0.2) is 0 Å². The molecule has 0 aliphatic carbocycles. The minimum Gasteiger partial charge on any atom is -0.469 e. The second kappa shape index (κ2) is 11.8. The number of rotatable bonds is 11. The summed E-state index contributed by atoms with van der Waals surface area (Å²) in [4.78, 5) is 11.0. The monoisotopic (exact) mass is 247 g/mol. The van der Waals surface area contributed by atoms with Gasteiger partial charge in [0.25, 0.3) is 0 Å². The molecule has 0 radical (unpaired) electrons. The quantitative estimate of drug-likeness (QED) is 0.435. The Morgan fingerprint density at radius 2 is 1.94 bits per heavy atom. The van der Waals surface area contributed by atoms with Crippen molar-refractivity contribution in [2.45, 2.75) is 32.2 Å². The van der Waals surface area contributed by atoms with Crippen LogP contribution in [0.25, 0.3) is 0 Å². The van der Waals surface area contributed by atoms with Crippen molar-refractivity contribution >= 4 is 5.97 Å². The van der Waals surface area contributed by atoms with E-state index in [1.165, 1.54) is 7.11 Å². The topological polar surface area (TPSA) is 56.8 Å². The molecule has 0 bridgehead atoms. The SMILES string of the molecule is COCCOCCCCNC(C)CC(=O)OC. The van der Waals surface area contributed by atoms with E-state index in [1.807, 2.05) is 6.92 Å². The van der Waals surface area contributed by atoms with Gasteiger partial charge in [-0.2, -0.15) is 0 Å². The average molecular weight is 247 g/mol. The van der Waals surface area contributed by atoms with Crippen molar-refractivity contribution in [3.05, 3.63) is 0 Å². The first-order valence-electron chi connectivity index (χ1n) is 6.07. The van der Waals surface area contributed by atoms with Crippen molar-refractivity contribution in [1.82, 2.24) is 5.32 Å². The molecule has 0 aliphatic rings. The molecule has 5 nitrogen and oxygen atoms in total. The van der Waals surface area contributed by atoms with Crippen LogP contribution < -0.4 is 5.32 Å². The number of esters is 1. The van der Waals surface area contributed by atoms with Crippen molar-refractivity contribution in [3.8, 4) is 0 Å². The van der Waals surface area contributed by atoms with Crippen LogP contribution in [0.3, 0.4) is 0 Å². The van der Waals surface area contributed by atoms with Crippen LogP contribution in [-0.4, -0.2) is 52.6 Å². The average Bonchev–Trinajstić information content (AvgIpc) is 2.32. The second-order valence-corrected chi connectivity index (χ2v) is 3.95. The first kappa shape index (κ1) is 16.4. The van der Waals surface area contributed by atoms with Gasteiger partial charge in [0.15, 0.2) is 0 Å². The Morgan fingerprint density at radius 3 is 2.59 bits per heavy atom. The van der Waals surface area contributed by atoms with E-state index < -0.39 is 0 Å². The standard InChI is InChI=1S/C12H25NO4/c1-11(10-12(14)16-3)13-6-4-5-7-17-9-8-15-2/h11,13H,4-10H2,1-3H3. The van der Waals surface area contributed by atoms with Crippen LogP contribution in [0, 0.1) is 0 Å². The lowest BCUT2D eigenvalue weighted by Crippen LogP contribution is -2.29. The van der Waals surface area contributed by atoms with Gasteiger partial charge in [-0.1, -0.05) is 0 Å². The Bertz CT molecular complexity index is 187. The lowest BCUT2D eigenvalue weighted by atomic mass is 10.2. The van der Waals surface area contributed by atoms with Crippen molar-refractivity contribution in [3.63, 3.8) is 0 Å². The molecule has 0 spiro atoms. The van der Waals surface area contributed by atoms with E-state index in [1.54, 1.807) is 7.11 Å². The molecule has 0 saturated carbocycles. The third-order valence-electron chi connectivity index (χ3n) is 2.34. The Hall–Kier alpha value is -0.650. The van der Waals surface area contributed by atoms with Crippen LogP contribution in [-0.2, 0) is 19.0 Å². The second-order valence-electron chi connectivity index (χ2n) is 3.95. The minimum absolute atomic E-state index is 0.164. The molecule has 1 atom stereocenters. The van der Waals surface area contributed by atoms with Crippen LogP contribution in [0.2, 0.25) is 0 Å². The highest BCUT2D eigenvalue weighted by Gasteiger charge is 2.07. The van der Waals surface area contributed by atoms with E-state index in [0.717, 1.165) is 26.0 Å². The first-order chi connectivity index (χ1) is 8.20. The highest BCUT2D eigenvalue weighted by molar-refractivity contribution is 5.69. The summed E-state index contributed by atoms with van der Waals surface area (Å²) in [5, 5.41) is 3.27. The maximum atomic E-state index is 11.0. The molecule has 0 aromatic carbocycles. The summed E-state index contributed by atoms with van der Waals surface area (Å²) in [7, 11) is 3.07. The molecular formula is C12H25NO4. The van der Waals surface area contributed by atoms with E-state index in [0.29, 0.717) is 19.6 Å². The Kier molecular flexibility index (Phi) is 11.4. The van der Waals surface area contributed by atoms with Crippen molar-refractivity contribution in [1.29, 1.82) is 0 Å². The molecule has 0 heterocycles. The van der Waals surface area contributed by atoms with Gasteiger partial charge in [0.05, 0.1) is 26.7 Å². The normalized spacial score (nSPS) is 12.4. The molecule has 0 aliphatic heterocycles. The lowest BCUT2D eigenvalue weighted by molar-refractivity contribution is -0.141. The van der Waals surface area contributed by atoms with Crippen LogP contribution in [0.5, 0.6) is 0 Å². The molecular weight excluding hydrogens is 222 g/mol. The molecule has 1 N–H and O–H groups in total. The van der Waals surface area contributed by atoms with Gasteiger partial charge in [0.1, 0.15) is 0 Å². The summed E-state index contributed by atoms with van der Waals surface area (Å²) >= 11 is 0. The van der Waals surface area contributed by atoms with Gasteiger partial charge in [-0.15, -0.1) is 0 Å². The number of carbonyl (C=O) groups excluding carboxylic acids is 1. The molecule has 17 heavy (non-hydrogen) atoms. The fourth-order valence-electron chi connectivity index (χ4n) is 1.33. The Morgan fingerprint density at radius 1 is 1.18 bits per heavy atom. The summed E-state index contributed by atoms with van der Waals surface area (Å²) in [5.41, 5.74) is 0. The van der Waals surface area contributed by atoms with E-state index >= 15 is 0 Å². The summed E-state index contributed by atoms with van der Waals surface area (Å²) in [6, 6.07) is 0.164. The minimum atomic E-state index is -0.173. The molecule has 5 heteroatoms. The van der Waals surface area contributed by atoms with Gasteiger partial charge < -0.3 is 19.5 Å². The van der Waals surface area contributed by atoms with Gasteiger partial charge in [0, 0.05) is 19.8 Å². The zero-order chi connectivity index (χ0) is 12.9. The Balaban J connectivity index is 3.19. The van der Waals surface area contributed by atoms with Crippen molar-refractivity contribution in [2.75, 3.05) is 40.6 Å². The largest absolute Gasteiger partial charge is 0.469 e. The molecule has 0 fully saturated rings. The molecule has 0 aromatic heterocycles. The Labute approximate surface area is 104 Å². The fraction of sp³-hybridized carbons (Fsp3) is 0.917. The number of hydrogen-bond donors (Lipinski definition) is 1. The van der Waals surface area contributed by atoms with Crippen molar-refractivity contribution < 1.29 is 19.0 Å². The number of unbranched alkanes of at least 4 members (excludes halogenated alkanes) is 1. The number of hydrogen-bond acceptors (Lipinski definition) is 5. The van der Waals surface area contributed by atoms with Gasteiger partial charge in [0.2, 0.25) is 0 Å². The van der Waals surface area contributed by atoms with E-state index in [4.69, 9.17) is 9.47 Å². The van der Waals surface area contributed by atoms with Crippen LogP contribution in [0.15, 0.2) is 0 Å². The number of methoxy groups -OCH3 is 2. The summed E-state index contributed by atoms with van der Waals surface area (Å²) in [6.07, 6.45) is 2.47. The molecule has 102 valence electrons. The maximum Gasteiger partial charge on any atom is 0.307 e. The number of ether oxygens (including phenoxy) is 3. The van der Waals surface area contributed by atoms with Gasteiger partial charge in [-0.3, -0.25) is 4.79 Å². The van der Waals surface area contributed by atoms with E-state index in [9.17, 15) is 4.79 Å². The zero-order valence-corrected chi connectivity index (χ0v) is 11.2. The van der Waals surface area contributed by atoms with E-state index in [2.05, 4.69) is 10.1 Å². The molecule has 0 aromatic rings. The number of carbonyl (C=O) groups is 1. The highest BCUT2D eigenvalue weighted by Crippen LogP contribution is 1.95. The smallest absolute Gasteiger partial charge is 0.307 e. The molecule has 0 amide bonds. The van der Waals surface area contributed by atoms with Crippen molar-refractivity contribution in [2.24, 2.45) is 0 Å². The molecule has 1 unspecified atom stereocenters. The summed E-state index contributed by atoms with van der Waals surface area (Å²) in [6.45, 7) is 4.94. The summed E-state index contributed by atoms with van der Waals surface area (Å²) < 4.78 is 14.8. The predicted molar refractivity (Wildman–Crippen MR) is 66.0 cm³/mol. The van der Waals surface area contributed by atoms with Gasteiger partial charge >= 0.3 is 5.97 Å². The zero-order valence-electron chi connectivity index (χ0n) is 11.2. The lowest BCUT2D eigenvalue weighted by Gasteiger charge is -2.12. The maximum absolute atomic E-state index is 11.0. The van der Waals surface area contributed by atoms with Crippen LogP contribution in [0.1, 0.15) is 26.2 Å². The van der Waals surface area contributed by atoms with E-state index in [-0.39, 0.29) is 12.0 Å². The predicted octanol–water partition coefficient (Wildman–Crippen LogP) is 0.971. The van der Waals surface area contributed by atoms with Crippen LogP contribution >= 0.6 is 0 Å². The summed E-state index contributed by atoms with van der Waals surface area (Å²) in [5.74, 6) is -0.173. The fourth-order valence-corrected chi connectivity index (χ4v) is 1.33. The third-order valence-corrected chi connectivity index (χ3v) is 2.34. The van der Waals surface area contributed by atoms with Crippen LogP contribution in [0.4, 0.5) is 0 Å². The first-order valence-corrected chi connectivity index (χ1v) is 6.07. The molecule has 0 saturated heterocycles.